The largest absolute Gasteiger partial charge is 0.494 e. The Bertz CT molecular complexity index is 1910. The lowest BCUT2D eigenvalue weighted by Gasteiger charge is -2.13. The SMILES string of the molecule is CCCOc1ccc(C(=Cc2ccnc(-c3cc(C=C(c4ccc(OCCC)cc4)c4ccc(OCCC)cc4)ccn3)c2)c2ccc(OCCC)cc2)cc1. The van der Waals surface area contributed by atoms with Gasteiger partial charge in [-0.25, -0.2) is 0 Å². The van der Waals surface area contributed by atoms with E-state index in [0.29, 0.717) is 26.4 Å². The van der Waals surface area contributed by atoms with Crippen LogP contribution in [0.1, 0.15) is 86.8 Å². The van der Waals surface area contributed by atoms with Crippen LogP contribution in [0, 0.1) is 0 Å². The second kappa shape index (κ2) is 20.5. The van der Waals surface area contributed by atoms with Crippen LogP contribution < -0.4 is 18.9 Å². The highest BCUT2D eigenvalue weighted by Gasteiger charge is 2.11. The molecule has 0 unspecified atom stereocenters. The molecule has 6 nitrogen and oxygen atoms in total. The van der Waals surface area contributed by atoms with Gasteiger partial charge >= 0.3 is 0 Å². The van der Waals surface area contributed by atoms with E-state index in [9.17, 15) is 0 Å². The first-order valence-electron chi connectivity index (χ1n) is 19.9. The number of hydrogen-bond donors (Lipinski definition) is 0. The quantitative estimate of drug-likeness (QED) is 0.0823. The summed E-state index contributed by atoms with van der Waals surface area (Å²) in [6.45, 7) is 11.2. The maximum absolute atomic E-state index is 5.89. The number of ether oxygens (including phenoxy) is 4. The normalized spacial score (nSPS) is 10.7. The summed E-state index contributed by atoms with van der Waals surface area (Å²) in [7, 11) is 0. The summed E-state index contributed by atoms with van der Waals surface area (Å²) in [4.78, 5) is 9.55. The van der Waals surface area contributed by atoms with E-state index in [1.807, 2.05) is 73.1 Å². The fourth-order valence-electron chi connectivity index (χ4n) is 6.16. The Labute approximate surface area is 332 Å². The summed E-state index contributed by atoms with van der Waals surface area (Å²) in [5, 5.41) is 0. The standard InChI is InChI=1S/C50H52N2O4/c1-5-29-53-43-17-9-39(10-18-43)47(40-11-19-44(20-12-40)54-30-6-2)33-37-25-27-51-49(35-37)50-36-38(26-28-52-50)34-48(41-13-21-45(22-14-41)55-31-7-3)42-15-23-46(24-16-42)56-32-8-4/h9-28,33-36H,5-8,29-32H2,1-4H3. The first-order chi connectivity index (χ1) is 27.6. The molecule has 0 fully saturated rings. The minimum atomic E-state index is 0.691. The van der Waals surface area contributed by atoms with Gasteiger partial charge < -0.3 is 18.9 Å². The fourth-order valence-corrected chi connectivity index (χ4v) is 6.16. The number of hydrogen-bond acceptors (Lipinski definition) is 6. The Morgan fingerprint density at radius 3 is 0.911 bits per heavy atom. The van der Waals surface area contributed by atoms with Crippen molar-refractivity contribution in [3.63, 3.8) is 0 Å². The van der Waals surface area contributed by atoms with Gasteiger partial charge in [-0.15, -0.1) is 0 Å². The molecule has 2 aromatic heterocycles. The molecule has 0 radical (unpaired) electrons. The van der Waals surface area contributed by atoms with Crippen molar-refractivity contribution in [2.24, 2.45) is 0 Å². The molecule has 0 amide bonds. The molecule has 2 heterocycles. The number of nitrogens with zero attached hydrogens (tertiary/aromatic N) is 2. The molecule has 6 rings (SSSR count). The van der Waals surface area contributed by atoms with Crippen LogP contribution in [0.25, 0.3) is 34.7 Å². The summed E-state index contributed by atoms with van der Waals surface area (Å²) in [6.07, 6.45) is 12.0. The average Bonchev–Trinajstić information content (AvgIpc) is 3.25. The molecule has 0 saturated heterocycles. The van der Waals surface area contributed by atoms with Crippen LogP contribution in [-0.4, -0.2) is 36.4 Å². The van der Waals surface area contributed by atoms with Gasteiger partial charge in [0.05, 0.1) is 37.8 Å². The zero-order valence-corrected chi connectivity index (χ0v) is 33.0. The fraction of sp³-hybridized carbons (Fsp3) is 0.240. The molecule has 0 bridgehead atoms. The van der Waals surface area contributed by atoms with Crippen molar-refractivity contribution < 1.29 is 18.9 Å². The van der Waals surface area contributed by atoms with Gasteiger partial charge in [0.1, 0.15) is 23.0 Å². The van der Waals surface area contributed by atoms with E-state index >= 15 is 0 Å². The second-order valence-electron chi connectivity index (χ2n) is 13.6. The third-order valence-corrected chi connectivity index (χ3v) is 9.01. The zero-order valence-electron chi connectivity index (χ0n) is 33.0. The first kappa shape index (κ1) is 39.6. The summed E-state index contributed by atoms with van der Waals surface area (Å²) in [5.74, 6) is 3.46. The van der Waals surface area contributed by atoms with Crippen LogP contribution in [0.4, 0.5) is 0 Å². The Balaban J connectivity index is 1.34. The van der Waals surface area contributed by atoms with E-state index in [0.717, 1.165) is 105 Å². The molecule has 6 heteroatoms. The van der Waals surface area contributed by atoms with Crippen LogP contribution in [0.15, 0.2) is 134 Å². The van der Waals surface area contributed by atoms with Crippen LogP contribution in [-0.2, 0) is 0 Å². The van der Waals surface area contributed by atoms with Crippen LogP contribution in [0.3, 0.4) is 0 Å². The average molecular weight is 745 g/mol. The van der Waals surface area contributed by atoms with Crippen molar-refractivity contribution in [2.75, 3.05) is 26.4 Å². The minimum absolute atomic E-state index is 0.691. The summed E-state index contributed by atoms with van der Waals surface area (Å²) in [5.41, 5.74) is 10.1. The lowest BCUT2D eigenvalue weighted by Crippen LogP contribution is -1.96. The Morgan fingerprint density at radius 1 is 0.393 bits per heavy atom. The Morgan fingerprint density at radius 2 is 0.661 bits per heavy atom. The van der Waals surface area contributed by atoms with Crippen molar-refractivity contribution in [3.8, 4) is 34.4 Å². The molecule has 56 heavy (non-hydrogen) atoms. The maximum atomic E-state index is 5.89. The highest BCUT2D eigenvalue weighted by Crippen LogP contribution is 2.32. The van der Waals surface area contributed by atoms with Crippen molar-refractivity contribution in [1.29, 1.82) is 0 Å². The molecular weight excluding hydrogens is 693 g/mol. The van der Waals surface area contributed by atoms with Gasteiger partial charge in [-0.3, -0.25) is 9.97 Å². The molecule has 0 aliphatic rings. The third kappa shape index (κ3) is 11.0. The summed E-state index contributed by atoms with van der Waals surface area (Å²) >= 11 is 0. The molecule has 6 aromatic rings. The van der Waals surface area contributed by atoms with E-state index in [2.05, 4.69) is 101 Å². The molecule has 0 spiro atoms. The topological polar surface area (TPSA) is 62.7 Å². The number of rotatable bonds is 19. The van der Waals surface area contributed by atoms with Crippen molar-refractivity contribution in [1.82, 2.24) is 9.97 Å². The zero-order chi connectivity index (χ0) is 39.0. The predicted molar refractivity (Wildman–Crippen MR) is 230 cm³/mol. The highest BCUT2D eigenvalue weighted by molar-refractivity contribution is 5.93. The molecule has 0 saturated carbocycles. The molecule has 0 aliphatic heterocycles. The molecule has 0 atom stereocenters. The number of aromatic nitrogens is 2. The number of pyridine rings is 2. The lowest BCUT2D eigenvalue weighted by atomic mass is 9.95. The molecule has 286 valence electrons. The van der Waals surface area contributed by atoms with Gasteiger partial charge in [0, 0.05) is 12.4 Å². The number of benzene rings is 4. The van der Waals surface area contributed by atoms with Gasteiger partial charge in [0.25, 0.3) is 0 Å². The molecule has 0 N–H and O–H groups in total. The molecule has 0 aliphatic carbocycles. The van der Waals surface area contributed by atoms with Crippen molar-refractivity contribution in [2.45, 2.75) is 53.4 Å². The van der Waals surface area contributed by atoms with Crippen LogP contribution in [0.2, 0.25) is 0 Å². The Hall–Kier alpha value is -6.14. The van der Waals surface area contributed by atoms with Gasteiger partial charge in [0.2, 0.25) is 0 Å². The van der Waals surface area contributed by atoms with Crippen molar-refractivity contribution in [3.05, 3.63) is 167 Å². The minimum Gasteiger partial charge on any atom is -0.494 e. The van der Waals surface area contributed by atoms with Crippen molar-refractivity contribution >= 4 is 23.3 Å². The van der Waals surface area contributed by atoms with Crippen LogP contribution in [0.5, 0.6) is 23.0 Å². The van der Waals surface area contributed by atoms with E-state index in [1.54, 1.807) is 0 Å². The summed E-state index contributed by atoms with van der Waals surface area (Å²) in [6, 6.07) is 41.5. The first-order valence-corrected chi connectivity index (χ1v) is 19.9. The second-order valence-corrected chi connectivity index (χ2v) is 13.6. The highest BCUT2D eigenvalue weighted by atomic mass is 16.5. The van der Waals surface area contributed by atoms with E-state index in [-0.39, 0.29) is 0 Å². The van der Waals surface area contributed by atoms with E-state index < -0.39 is 0 Å². The lowest BCUT2D eigenvalue weighted by molar-refractivity contribution is 0.317. The van der Waals surface area contributed by atoms with Gasteiger partial charge in [-0.2, -0.15) is 0 Å². The predicted octanol–water partition coefficient (Wildman–Crippen LogP) is 12.5. The molecular formula is C50H52N2O4. The maximum Gasteiger partial charge on any atom is 0.119 e. The van der Waals surface area contributed by atoms with Gasteiger partial charge in [-0.1, -0.05) is 76.2 Å². The van der Waals surface area contributed by atoms with E-state index in [1.165, 1.54) is 0 Å². The van der Waals surface area contributed by atoms with Gasteiger partial charge in [0.15, 0.2) is 0 Å². The monoisotopic (exact) mass is 744 g/mol. The van der Waals surface area contributed by atoms with E-state index in [4.69, 9.17) is 28.9 Å². The summed E-state index contributed by atoms with van der Waals surface area (Å²) < 4.78 is 23.5. The third-order valence-electron chi connectivity index (χ3n) is 9.01. The smallest absolute Gasteiger partial charge is 0.119 e. The van der Waals surface area contributed by atoms with Crippen LogP contribution >= 0.6 is 0 Å². The Kier molecular flexibility index (Phi) is 14.5. The van der Waals surface area contributed by atoms with Gasteiger partial charge in [-0.05, 0) is 155 Å². The molecule has 4 aromatic carbocycles.